The molecule has 0 bridgehead atoms. The molecule has 1 aliphatic rings. The average Bonchev–Trinajstić information content (AvgIpc) is 2.78. The third kappa shape index (κ3) is 5.81. The molecule has 0 unspecified atom stereocenters. The van der Waals surface area contributed by atoms with E-state index < -0.39 is 0 Å². The van der Waals surface area contributed by atoms with E-state index in [1.165, 1.54) is 32.1 Å². The first-order valence-electron chi connectivity index (χ1n) is 12.4. The van der Waals surface area contributed by atoms with Crippen molar-refractivity contribution < 1.29 is 4.79 Å². The number of anilines is 1. The smallest absolute Gasteiger partial charge is 0.253 e. The Hall–Kier alpha value is -2.27. The molecular weight excluding hydrogens is 434 g/mol. The normalized spacial score (nSPS) is 18.2. The summed E-state index contributed by atoms with van der Waals surface area (Å²) in [7, 11) is 0. The Morgan fingerprint density at radius 2 is 1.79 bits per heavy atom. The van der Waals surface area contributed by atoms with Crippen molar-refractivity contribution in [2.75, 3.05) is 11.4 Å². The van der Waals surface area contributed by atoms with Crippen molar-refractivity contribution in [3.05, 3.63) is 61.5 Å². The quantitative estimate of drug-likeness (QED) is 0.501. The maximum Gasteiger partial charge on any atom is 0.253 e. The number of aromatic amines is 1. The number of H-pyrrole nitrogens is 1. The number of aromatic nitrogens is 1. The summed E-state index contributed by atoms with van der Waals surface area (Å²) in [5, 5.41) is 3.53. The van der Waals surface area contributed by atoms with E-state index >= 15 is 0 Å². The molecule has 33 heavy (non-hydrogen) atoms. The highest BCUT2D eigenvalue weighted by Crippen LogP contribution is 2.36. The highest BCUT2D eigenvalue weighted by molar-refractivity contribution is 6.31. The third-order valence-corrected chi connectivity index (χ3v) is 7.41. The van der Waals surface area contributed by atoms with Crippen LogP contribution in [0.4, 0.5) is 5.69 Å². The number of hydrogen-bond donors (Lipinski definition) is 2. The second kappa shape index (κ2) is 11.2. The van der Waals surface area contributed by atoms with Gasteiger partial charge in [-0.05, 0) is 88.1 Å². The molecule has 1 saturated carbocycles. The van der Waals surface area contributed by atoms with Gasteiger partial charge in [-0.3, -0.25) is 9.59 Å². The van der Waals surface area contributed by atoms with Gasteiger partial charge in [0.2, 0.25) is 0 Å². The second-order valence-electron chi connectivity index (χ2n) is 9.30. The van der Waals surface area contributed by atoms with Crippen LogP contribution in [0.15, 0.2) is 23.0 Å². The van der Waals surface area contributed by atoms with Gasteiger partial charge in [-0.2, -0.15) is 0 Å². The number of carbonyl (C=O) groups is 1. The van der Waals surface area contributed by atoms with E-state index in [1.807, 2.05) is 26.0 Å². The van der Waals surface area contributed by atoms with Crippen molar-refractivity contribution in [2.24, 2.45) is 5.92 Å². The third-order valence-electron chi connectivity index (χ3n) is 7.19. The Labute approximate surface area is 202 Å². The van der Waals surface area contributed by atoms with Crippen LogP contribution in [0.1, 0.15) is 85.6 Å². The van der Waals surface area contributed by atoms with Gasteiger partial charge in [0.25, 0.3) is 11.5 Å². The van der Waals surface area contributed by atoms with E-state index in [9.17, 15) is 9.59 Å². The minimum atomic E-state index is -0.194. The summed E-state index contributed by atoms with van der Waals surface area (Å²) < 4.78 is 0. The van der Waals surface area contributed by atoms with E-state index in [4.69, 9.17) is 11.6 Å². The summed E-state index contributed by atoms with van der Waals surface area (Å²) in [5.41, 5.74) is 4.80. The molecule has 2 N–H and O–H groups in total. The maximum atomic E-state index is 13.3. The van der Waals surface area contributed by atoms with E-state index in [0.717, 1.165) is 41.4 Å². The molecule has 0 spiro atoms. The lowest BCUT2D eigenvalue weighted by Crippen LogP contribution is -2.39. The number of nitrogens with zero attached hydrogens (tertiary/aromatic N) is 1. The maximum absolute atomic E-state index is 13.3. The number of carbonyl (C=O) groups excluding carboxylic acids is 1. The molecule has 1 aromatic carbocycles. The first-order chi connectivity index (χ1) is 15.8. The zero-order chi connectivity index (χ0) is 24.1. The van der Waals surface area contributed by atoms with Gasteiger partial charge in [0, 0.05) is 46.7 Å². The van der Waals surface area contributed by atoms with Gasteiger partial charge in [-0.15, -0.1) is 0 Å². The van der Waals surface area contributed by atoms with Gasteiger partial charge in [-0.25, -0.2) is 0 Å². The van der Waals surface area contributed by atoms with Crippen LogP contribution in [0.5, 0.6) is 0 Å². The first-order valence-corrected chi connectivity index (χ1v) is 12.7. The van der Waals surface area contributed by atoms with Gasteiger partial charge in [0.15, 0.2) is 0 Å². The number of nitrogens with one attached hydrogen (secondary N) is 2. The predicted molar refractivity (Wildman–Crippen MR) is 138 cm³/mol. The van der Waals surface area contributed by atoms with E-state index in [0.29, 0.717) is 22.2 Å². The van der Waals surface area contributed by atoms with Gasteiger partial charge in [0.05, 0.1) is 0 Å². The van der Waals surface area contributed by atoms with Crippen molar-refractivity contribution in [3.63, 3.8) is 0 Å². The number of aryl methyl sites for hydroxylation is 2. The number of hydrogen-bond acceptors (Lipinski definition) is 3. The Balaban J connectivity index is 1.87. The molecule has 6 heteroatoms. The zero-order valence-electron chi connectivity index (χ0n) is 20.7. The number of benzene rings is 1. The number of halogens is 1. The number of pyridine rings is 1. The lowest BCUT2D eigenvalue weighted by Gasteiger charge is -2.39. The van der Waals surface area contributed by atoms with Crippen LogP contribution in [-0.4, -0.2) is 23.5 Å². The number of amides is 1. The molecule has 0 radical (unpaired) electrons. The molecule has 1 aromatic heterocycles. The van der Waals surface area contributed by atoms with Gasteiger partial charge >= 0.3 is 0 Å². The molecule has 0 aliphatic heterocycles. The molecule has 1 amide bonds. The monoisotopic (exact) mass is 471 g/mol. The number of rotatable bonds is 8. The van der Waals surface area contributed by atoms with Crippen molar-refractivity contribution in [3.8, 4) is 0 Å². The van der Waals surface area contributed by atoms with Crippen molar-refractivity contribution in [2.45, 2.75) is 85.7 Å². The topological polar surface area (TPSA) is 65.2 Å². The molecule has 0 saturated heterocycles. The SMILES string of the molecule is CCc1c(C(=O)NCc2c(C)cc(C)[nH]c2=O)cc(Cl)cc1N(CC)[C@H]1CC[C@@H](CC)CC1. The van der Waals surface area contributed by atoms with Crippen molar-refractivity contribution in [1.29, 1.82) is 0 Å². The molecule has 1 fully saturated rings. The fourth-order valence-corrected chi connectivity index (χ4v) is 5.52. The molecule has 2 aromatic rings. The van der Waals surface area contributed by atoms with Crippen LogP contribution < -0.4 is 15.8 Å². The summed E-state index contributed by atoms with van der Waals surface area (Å²) >= 11 is 6.53. The summed E-state index contributed by atoms with van der Waals surface area (Å²) in [6.45, 7) is 11.4. The summed E-state index contributed by atoms with van der Waals surface area (Å²) in [6.07, 6.45) is 6.87. The first kappa shape index (κ1) is 25.4. The largest absolute Gasteiger partial charge is 0.369 e. The molecule has 1 aliphatic carbocycles. The minimum absolute atomic E-state index is 0.157. The summed E-state index contributed by atoms with van der Waals surface area (Å²) in [4.78, 5) is 30.9. The Bertz CT molecular complexity index is 1040. The van der Waals surface area contributed by atoms with Crippen molar-refractivity contribution in [1.82, 2.24) is 10.3 Å². The molecule has 180 valence electrons. The average molecular weight is 472 g/mol. The van der Waals surface area contributed by atoms with Crippen LogP contribution in [0.3, 0.4) is 0 Å². The fraction of sp³-hybridized carbons (Fsp3) is 0.556. The molecule has 3 rings (SSSR count). The molecule has 0 atom stereocenters. The lowest BCUT2D eigenvalue weighted by molar-refractivity contribution is 0.0950. The standard InChI is InChI=1S/C27H38ClN3O2/c1-6-19-9-11-21(12-10-19)31(8-3)25-15-20(28)14-23(22(25)7-2)26(32)29-16-24-17(4)13-18(5)30-27(24)33/h13-15,19,21H,6-12,16H2,1-5H3,(H,29,32)(H,30,33)/t19-,21+. The Morgan fingerprint density at radius 3 is 2.36 bits per heavy atom. The van der Waals surface area contributed by atoms with Crippen LogP contribution in [0, 0.1) is 19.8 Å². The summed E-state index contributed by atoms with van der Waals surface area (Å²) in [6, 6.07) is 6.17. The zero-order valence-corrected chi connectivity index (χ0v) is 21.4. The van der Waals surface area contributed by atoms with Crippen LogP contribution in [0.25, 0.3) is 0 Å². The fourth-order valence-electron chi connectivity index (χ4n) is 5.31. The highest BCUT2D eigenvalue weighted by Gasteiger charge is 2.27. The molecular formula is C27H38ClN3O2. The lowest BCUT2D eigenvalue weighted by atomic mass is 9.83. The van der Waals surface area contributed by atoms with E-state index in [2.05, 4.69) is 36.0 Å². The summed E-state index contributed by atoms with van der Waals surface area (Å²) in [5.74, 6) is 0.639. The van der Waals surface area contributed by atoms with Gasteiger partial charge in [0.1, 0.15) is 0 Å². The second-order valence-corrected chi connectivity index (χ2v) is 9.74. The van der Waals surface area contributed by atoms with E-state index in [-0.39, 0.29) is 18.0 Å². The van der Waals surface area contributed by atoms with Crippen LogP contribution >= 0.6 is 11.6 Å². The highest BCUT2D eigenvalue weighted by atomic mass is 35.5. The minimum Gasteiger partial charge on any atom is -0.369 e. The van der Waals surface area contributed by atoms with Crippen LogP contribution in [0.2, 0.25) is 5.02 Å². The molecule has 1 heterocycles. The van der Waals surface area contributed by atoms with E-state index in [1.54, 1.807) is 6.07 Å². The predicted octanol–water partition coefficient (Wildman–Crippen LogP) is 5.93. The molecule has 5 nitrogen and oxygen atoms in total. The van der Waals surface area contributed by atoms with Crippen LogP contribution in [-0.2, 0) is 13.0 Å². The van der Waals surface area contributed by atoms with Crippen molar-refractivity contribution >= 4 is 23.2 Å². The Morgan fingerprint density at radius 1 is 1.09 bits per heavy atom. The van der Waals surface area contributed by atoms with Gasteiger partial charge in [-0.1, -0.05) is 31.9 Å². The van der Waals surface area contributed by atoms with Gasteiger partial charge < -0.3 is 15.2 Å². The Kier molecular flexibility index (Phi) is 8.63.